The number of esters is 4. The van der Waals surface area contributed by atoms with Crippen molar-refractivity contribution in [1.82, 2.24) is 0 Å². The average molecular weight is 391 g/mol. The molecule has 0 bridgehead atoms. The van der Waals surface area contributed by atoms with Gasteiger partial charge in [0, 0.05) is 34.2 Å². The zero-order valence-electron chi connectivity index (χ0n) is 15.7. The van der Waals surface area contributed by atoms with Crippen LogP contribution in [-0.4, -0.2) is 74.3 Å². The van der Waals surface area contributed by atoms with Crippen LogP contribution in [0.3, 0.4) is 0 Å². The maximum Gasteiger partial charge on any atom is 0.303 e. The van der Waals surface area contributed by atoms with E-state index in [9.17, 15) is 19.2 Å². The number of nitrogens with two attached hydrogens (primary N) is 1. The van der Waals surface area contributed by atoms with Gasteiger partial charge in [-0.1, -0.05) is 0 Å². The second-order valence-electron chi connectivity index (χ2n) is 5.73. The Labute approximate surface area is 156 Å². The first-order valence-electron chi connectivity index (χ1n) is 8.27. The molecule has 0 aromatic carbocycles. The largest absolute Gasteiger partial charge is 0.463 e. The van der Waals surface area contributed by atoms with Crippen molar-refractivity contribution >= 4 is 23.9 Å². The van der Waals surface area contributed by atoms with Gasteiger partial charge in [-0.2, -0.15) is 0 Å². The Kier molecular flexibility index (Phi) is 9.12. The molecule has 1 rings (SSSR count). The van der Waals surface area contributed by atoms with E-state index in [1.54, 1.807) is 0 Å². The standard InChI is InChI=1S/C16H25NO10/c1-8(18)23-7-12-13(24-9(2)19)14(25-10(3)20)15(26-11(4)21)16(27-12)22-6-5-17/h12-16H,5-7,17H2,1-4H3/t12-,13+,14+,15-,16-/m1/s1. The van der Waals surface area contributed by atoms with Gasteiger partial charge in [0.15, 0.2) is 24.6 Å². The number of hydrogen-bond donors (Lipinski definition) is 1. The van der Waals surface area contributed by atoms with Crippen molar-refractivity contribution in [1.29, 1.82) is 0 Å². The maximum atomic E-state index is 11.6. The molecule has 27 heavy (non-hydrogen) atoms. The van der Waals surface area contributed by atoms with E-state index < -0.39 is 54.6 Å². The van der Waals surface area contributed by atoms with Gasteiger partial charge in [0.05, 0.1) is 6.61 Å². The number of carbonyl (C=O) groups excluding carboxylic acids is 4. The summed E-state index contributed by atoms with van der Waals surface area (Å²) in [7, 11) is 0. The summed E-state index contributed by atoms with van der Waals surface area (Å²) in [6.07, 6.45) is -5.89. The number of hydrogen-bond acceptors (Lipinski definition) is 11. The van der Waals surface area contributed by atoms with Crippen LogP contribution in [0.25, 0.3) is 0 Å². The summed E-state index contributed by atoms with van der Waals surface area (Å²) in [5.41, 5.74) is 5.42. The van der Waals surface area contributed by atoms with Crippen molar-refractivity contribution < 1.29 is 47.6 Å². The fourth-order valence-corrected chi connectivity index (χ4v) is 2.51. The van der Waals surface area contributed by atoms with Crippen molar-refractivity contribution in [2.24, 2.45) is 5.73 Å². The molecule has 1 fully saturated rings. The van der Waals surface area contributed by atoms with E-state index in [1.807, 2.05) is 0 Å². The molecule has 0 amide bonds. The van der Waals surface area contributed by atoms with Crippen LogP contribution in [0.1, 0.15) is 27.7 Å². The molecule has 1 aliphatic heterocycles. The molecular weight excluding hydrogens is 366 g/mol. The first kappa shape index (κ1) is 22.8. The van der Waals surface area contributed by atoms with Gasteiger partial charge in [-0.25, -0.2) is 0 Å². The van der Waals surface area contributed by atoms with Crippen molar-refractivity contribution in [3.63, 3.8) is 0 Å². The van der Waals surface area contributed by atoms with Crippen molar-refractivity contribution in [3.05, 3.63) is 0 Å². The third kappa shape index (κ3) is 7.49. The molecule has 1 aliphatic rings. The first-order chi connectivity index (χ1) is 12.6. The molecule has 11 heteroatoms. The van der Waals surface area contributed by atoms with Crippen LogP contribution < -0.4 is 5.73 Å². The summed E-state index contributed by atoms with van der Waals surface area (Å²) in [4.78, 5) is 45.8. The topological polar surface area (TPSA) is 150 Å². The molecule has 11 nitrogen and oxygen atoms in total. The van der Waals surface area contributed by atoms with Crippen LogP contribution in [0.4, 0.5) is 0 Å². The Bertz CT molecular complexity index is 551. The van der Waals surface area contributed by atoms with Crippen molar-refractivity contribution in [2.45, 2.75) is 58.4 Å². The van der Waals surface area contributed by atoms with E-state index in [1.165, 1.54) is 6.92 Å². The highest BCUT2D eigenvalue weighted by atomic mass is 16.7. The van der Waals surface area contributed by atoms with Crippen LogP contribution in [-0.2, 0) is 47.6 Å². The van der Waals surface area contributed by atoms with E-state index in [0.29, 0.717) is 0 Å². The monoisotopic (exact) mass is 391 g/mol. The van der Waals surface area contributed by atoms with Gasteiger partial charge in [-0.05, 0) is 0 Å². The zero-order valence-corrected chi connectivity index (χ0v) is 15.7. The van der Waals surface area contributed by atoms with Crippen LogP contribution in [0, 0.1) is 0 Å². The highest BCUT2D eigenvalue weighted by molar-refractivity contribution is 5.68. The number of rotatable bonds is 8. The van der Waals surface area contributed by atoms with Crippen LogP contribution >= 0.6 is 0 Å². The SMILES string of the molecule is CC(=O)OC[C@H]1O[C@@H](OCCN)[C@H](OC(C)=O)[C@@H](OC(C)=O)[C@H]1OC(C)=O. The highest BCUT2D eigenvalue weighted by Gasteiger charge is 2.52. The predicted octanol–water partition coefficient (Wildman–Crippen LogP) is -0.955. The summed E-state index contributed by atoms with van der Waals surface area (Å²) in [5.74, 6) is -2.69. The Morgan fingerprint density at radius 3 is 1.81 bits per heavy atom. The van der Waals surface area contributed by atoms with Crippen molar-refractivity contribution in [3.8, 4) is 0 Å². The summed E-state index contributed by atoms with van der Waals surface area (Å²) >= 11 is 0. The molecule has 1 heterocycles. The molecule has 0 aliphatic carbocycles. The molecule has 0 aromatic rings. The third-order valence-electron chi connectivity index (χ3n) is 3.35. The lowest BCUT2D eigenvalue weighted by molar-refractivity contribution is -0.307. The lowest BCUT2D eigenvalue weighted by Gasteiger charge is -2.44. The average Bonchev–Trinajstić information content (AvgIpc) is 2.54. The van der Waals surface area contributed by atoms with Gasteiger partial charge in [-0.15, -0.1) is 0 Å². The summed E-state index contributed by atoms with van der Waals surface area (Å²) in [5, 5.41) is 0. The Hall–Kier alpha value is -2.24. The van der Waals surface area contributed by atoms with Crippen molar-refractivity contribution in [2.75, 3.05) is 19.8 Å². The van der Waals surface area contributed by atoms with Crippen LogP contribution in [0.2, 0.25) is 0 Å². The normalized spacial score (nSPS) is 27.4. The van der Waals surface area contributed by atoms with E-state index in [0.717, 1.165) is 20.8 Å². The predicted molar refractivity (Wildman–Crippen MR) is 87.0 cm³/mol. The molecule has 2 N–H and O–H groups in total. The zero-order chi connectivity index (χ0) is 20.6. The Balaban J connectivity index is 3.22. The molecule has 0 saturated carbocycles. The highest BCUT2D eigenvalue weighted by Crippen LogP contribution is 2.29. The molecule has 1 saturated heterocycles. The Morgan fingerprint density at radius 1 is 0.815 bits per heavy atom. The molecule has 0 spiro atoms. The minimum Gasteiger partial charge on any atom is -0.463 e. The van der Waals surface area contributed by atoms with E-state index in [2.05, 4.69) is 0 Å². The van der Waals surface area contributed by atoms with Crippen LogP contribution in [0.15, 0.2) is 0 Å². The van der Waals surface area contributed by atoms with E-state index in [4.69, 9.17) is 34.2 Å². The third-order valence-corrected chi connectivity index (χ3v) is 3.35. The minimum atomic E-state index is -1.24. The smallest absolute Gasteiger partial charge is 0.303 e. The van der Waals surface area contributed by atoms with Gasteiger partial charge < -0.3 is 34.2 Å². The van der Waals surface area contributed by atoms with Gasteiger partial charge in [0.2, 0.25) is 0 Å². The fraction of sp³-hybridized carbons (Fsp3) is 0.750. The van der Waals surface area contributed by atoms with Gasteiger partial charge >= 0.3 is 23.9 Å². The minimum absolute atomic E-state index is 0.0493. The number of carbonyl (C=O) groups is 4. The summed E-state index contributed by atoms with van der Waals surface area (Å²) in [6.45, 7) is 4.52. The second-order valence-corrected chi connectivity index (χ2v) is 5.73. The summed E-state index contributed by atoms with van der Waals surface area (Å²) in [6, 6.07) is 0. The molecule has 0 radical (unpaired) electrons. The second kappa shape index (κ2) is 10.8. The van der Waals surface area contributed by atoms with Gasteiger partial charge in [-0.3, -0.25) is 19.2 Å². The number of ether oxygens (including phenoxy) is 6. The molecule has 154 valence electrons. The van der Waals surface area contributed by atoms with E-state index in [-0.39, 0.29) is 19.8 Å². The summed E-state index contributed by atoms with van der Waals surface area (Å²) < 4.78 is 31.7. The quantitative estimate of drug-likeness (QED) is 0.403. The fourth-order valence-electron chi connectivity index (χ4n) is 2.51. The van der Waals surface area contributed by atoms with Crippen LogP contribution in [0.5, 0.6) is 0 Å². The first-order valence-corrected chi connectivity index (χ1v) is 8.27. The van der Waals surface area contributed by atoms with Gasteiger partial charge in [0.1, 0.15) is 12.7 Å². The molecule has 0 aromatic heterocycles. The molecular formula is C16H25NO10. The molecule has 5 atom stereocenters. The lowest BCUT2D eigenvalue weighted by Crippen LogP contribution is -2.63. The van der Waals surface area contributed by atoms with E-state index >= 15 is 0 Å². The molecule has 0 unspecified atom stereocenters. The lowest BCUT2D eigenvalue weighted by atomic mass is 9.98. The maximum absolute atomic E-state index is 11.6. The Morgan fingerprint density at radius 2 is 1.33 bits per heavy atom. The van der Waals surface area contributed by atoms with Gasteiger partial charge in [0.25, 0.3) is 0 Å².